The van der Waals surface area contributed by atoms with E-state index in [-0.39, 0.29) is 18.3 Å². The van der Waals surface area contributed by atoms with Gasteiger partial charge in [0.1, 0.15) is 0 Å². The smallest absolute Gasteiger partial charge is 0.239 e. The minimum atomic E-state index is -0.516. The van der Waals surface area contributed by atoms with E-state index >= 15 is 0 Å². The number of amides is 1. The summed E-state index contributed by atoms with van der Waals surface area (Å²) in [5.74, 6) is -0.0571. The molecular formula is C15H18Cl2N2OS. The second kappa shape index (κ2) is 8.39. The van der Waals surface area contributed by atoms with Crippen LogP contribution in [0.1, 0.15) is 10.4 Å². The molecule has 1 aromatic heterocycles. The average Bonchev–Trinajstić information content (AvgIpc) is 2.84. The summed E-state index contributed by atoms with van der Waals surface area (Å²) in [4.78, 5) is 14.9. The highest BCUT2D eigenvalue weighted by Crippen LogP contribution is 2.22. The Kier molecular flexibility index (Phi) is 7.18. The van der Waals surface area contributed by atoms with E-state index in [9.17, 15) is 4.79 Å². The van der Waals surface area contributed by atoms with Gasteiger partial charge in [-0.2, -0.15) is 0 Å². The standard InChI is InChI=1S/C15H17ClN2OS.ClH/c1-18(10-12-7-8-14(16)20-12)15(19)13(17)9-11-5-3-2-4-6-11;/h2-8,13H,9-10,17H2,1H3;1H. The molecular weight excluding hydrogens is 327 g/mol. The second-order valence-corrected chi connectivity index (χ2v) is 6.50. The van der Waals surface area contributed by atoms with Gasteiger partial charge in [0.15, 0.2) is 0 Å². The van der Waals surface area contributed by atoms with Gasteiger partial charge in [-0.05, 0) is 24.1 Å². The van der Waals surface area contributed by atoms with Crippen LogP contribution in [0.5, 0.6) is 0 Å². The molecule has 0 fully saturated rings. The lowest BCUT2D eigenvalue weighted by Gasteiger charge is -2.20. The number of benzene rings is 1. The maximum absolute atomic E-state index is 12.2. The number of hydrogen-bond acceptors (Lipinski definition) is 3. The Morgan fingerprint density at radius 1 is 1.29 bits per heavy atom. The molecule has 2 aromatic rings. The Labute approximate surface area is 140 Å². The van der Waals surface area contributed by atoms with E-state index < -0.39 is 6.04 Å². The highest BCUT2D eigenvalue weighted by Gasteiger charge is 2.18. The van der Waals surface area contributed by atoms with Crippen LogP contribution in [0.3, 0.4) is 0 Å². The fraction of sp³-hybridized carbons (Fsp3) is 0.267. The lowest BCUT2D eigenvalue weighted by atomic mass is 10.1. The van der Waals surface area contributed by atoms with Gasteiger partial charge in [0.2, 0.25) is 5.91 Å². The van der Waals surface area contributed by atoms with Gasteiger partial charge in [-0.3, -0.25) is 4.79 Å². The third kappa shape index (κ3) is 5.32. The molecule has 0 saturated carbocycles. The Bertz CT molecular complexity index is 574. The van der Waals surface area contributed by atoms with Crippen LogP contribution < -0.4 is 5.73 Å². The molecule has 21 heavy (non-hydrogen) atoms. The summed E-state index contributed by atoms with van der Waals surface area (Å²) in [5.41, 5.74) is 7.07. The van der Waals surface area contributed by atoms with Gasteiger partial charge in [0, 0.05) is 11.9 Å². The Morgan fingerprint density at radius 3 is 2.52 bits per heavy atom. The predicted molar refractivity (Wildman–Crippen MR) is 91.2 cm³/mol. The van der Waals surface area contributed by atoms with Crippen LogP contribution in [0.25, 0.3) is 0 Å². The number of nitrogens with two attached hydrogens (primary N) is 1. The molecule has 1 amide bonds. The van der Waals surface area contributed by atoms with Crippen molar-refractivity contribution in [1.82, 2.24) is 4.90 Å². The third-order valence-corrected chi connectivity index (χ3v) is 4.23. The Hall–Kier alpha value is -1.07. The van der Waals surface area contributed by atoms with E-state index in [2.05, 4.69) is 0 Å². The fourth-order valence-electron chi connectivity index (χ4n) is 1.99. The molecule has 0 radical (unpaired) electrons. The van der Waals surface area contributed by atoms with Crippen LogP contribution in [-0.2, 0) is 17.8 Å². The number of halogens is 2. The Balaban J connectivity index is 0.00000220. The largest absolute Gasteiger partial charge is 0.339 e. The topological polar surface area (TPSA) is 46.3 Å². The van der Waals surface area contributed by atoms with Crippen molar-refractivity contribution in [2.45, 2.75) is 19.0 Å². The van der Waals surface area contributed by atoms with Crippen molar-refractivity contribution < 1.29 is 4.79 Å². The first kappa shape index (κ1) is 18.0. The molecule has 1 unspecified atom stereocenters. The third-order valence-electron chi connectivity index (χ3n) is 3.01. The summed E-state index contributed by atoms with van der Waals surface area (Å²) in [6, 6.07) is 13.1. The van der Waals surface area contributed by atoms with Crippen LogP contribution in [0.2, 0.25) is 4.34 Å². The van der Waals surface area contributed by atoms with Gasteiger partial charge in [0.25, 0.3) is 0 Å². The molecule has 2 rings (SSSR count). The first-order valence-corrected chi connectivity index (χ1v) is 7.54. The predicted octanol–water partition coefficient (Wildman–Crippen LogP) is 3.35. The molecule has 1 atom stereocenters. The number of hydrogen-bond donors (Lipinski definition) is 1. The van der Waals surface area contributed by atoms with E-state index in [1.54, 1.807) is 11.9 Å². The lowest BCUT2D eigenvalue weighted by molar-refractivity contribution is -0.131. The summed E-state index contributed by atoms with van der Waals surface area (Å²) in [6.45, 7) is 0.540. The monoisotopic (exact) mass is 344 g/mol. The molecule has 0 saturated heterocycles. The molecule has 0 aliphatic rings. The van der Waals surface area contributed by atoms with E-state index in [4.69, 9.17) is 17.3 Å². The van der Waals surface area contributed by atoms with Crippen molar-refractivity contribution in [2.24, 2.45) is 5.73 Å². The van der Waals surface area contributed by atoms with E-state index in [1.165, 1.54) is 11.3 Å². The summed E-state index contributed by atoms with van der Waals surface area (Å²) in [7, 11) is 1.76. The summed E-state index contributed by atoms with van der Waals surface area (Å²) < 4.78 is 0.731. The van der Waals surface area contributed by atoms with Crippen LogP contribution in [0.4, 0.5) is 0 Å². The van der Waals surface area contributed by atoms with Crippen molar-refractivity contribution in [3.63, 3.8) is 0 Å². The van der Waals surface area contributed by atoms with Gasteiger partial charge in [0.05, 0.1) is 16.9 Å². The molecule has 6 heteroatoms. The average molecular weight is 345 g/mol. The second-order valence-electron chi connectivity index (χ2n) is 4.70. The summed E-state index contributed by atoms with van der Waals surface area (Å²) >= 11 is 7.36. The highest BCUT2D eigenvalue weighted by molar-refractivity contribution is 7.16. The molecule has 0 aliphatic heterocycles. The quantitative estimate of drug-likeness (QED) is 0.903. The minimum absolute atomic E-state index is 0. The van der Waals surface area contributed by atoms with Crippen molar-refractivity contribution in [1.29, 1.82) is 0 Å². The summed E-state index contributed by atoms with van der Waals surface area (Å²) in [5, 5.41) is 0. The highest BCUT2D eigenvalue weighted by atomic mass is 35.5. The number of nitrogens with zero attached hydrogens (tertiary/aromatic N) is 1. The lowest BCUT2D eigenvalue weighted by Crippen LogP contribution is -2.42. The number of likely N-dealkylation sites (N-methyl/N-ethyl adjacent to an activating group) is 1. The van der Waals surface area contributed by atoms with Crippen LogP contribution in [0.15, 0.2) is 42.5 Å². The zero-order chi connectivity index (χ0) is 14.5. The molecule has 0 spiro atoms. The van der Waals surface area contributed by atoms with Gasteiger partial charge in [-0.25, -0.2) is 0 Å². The van der Waals surface area contributed by atoms with E-state index in [0.717, 1.165) is 14.8 Å². The molecule has 114 valence electrons. The normalized spacial score (nSPS) is 11.6. The molecule has 1 aromatic carbocycles. The SMILES string of the molecule is CN(Cc1ccc(Cl)s1)C(=O)C(N)Cc1ccccc1.Cl. The first-order valence-electron chi connectivity index (χ1n) is 6.35. The van der Waals surface area contributed by atoms with Crippen molar-refractivity contribution in [3.05, 3.63) is 57.2 Å². The molecule has 3 nitrogen and oxygen atoms in total. The fourth-order valence-corrected chi connectivity index (χ4v) is 3.13. The first-order chi connectivity index (χ1) is 9.56. The van der Waals surface area contributed by atoms with Crippen molar-refractivity contribution >= 4 is 41.3 Å². The number of thiophene rings is 1. The minimum Gasteiger partial charge on any atom is -0.339 e. The van der Waals surface area contributed by atoms with Gasteiger partial charge in [-0.1, -0.05) is 41.9 Å². The number of rotatable bonds is 5. The van der Waals surface area contributed by atoms with E-state index in [1.807, 2.05) is 42.5 Å². The zero-order valence-corrected chi connectivity index (χ0v) is 14.0. The molecule has 1 heterocycles. The molecule has 0 aliphatic carbocycles. The number of carbonyl (C=O) groups excluding carboxylic acids is 1. The van der Waals surface area contributed by atoms with Gasteiger partial charge in [-0.15, -0.1) is 23.7 Å². The maximum Gasteiger partial charge on any atom is 0.239 e. The van der Waals surface area contributed by atoms with Gasteiger partial charge >= 0.3 is 0 Å². The van der Waals surface area contributed by atoms with Gasteiger partial charge < -0.3 is 10.6 Å². The molecule has 2 N–H and O–H groups in total. The molecule has 0 bridgehead atoms. The van der Waals surface area contributed by atoms with Crippen LogP contribution in [-0.4, -0.2) is 23.9 Å². The number of carbonyl (C=O) groups is 1. The van der Waals surface area contributed by atoms with E-state index in [0.29, 0.717) is 13.0 Å². The Morgan fingerprint density at radius 2 is 1.95 bits per heavy atom. The maximum atomic E-state index is 12.2. The van der Waals surface area contributed by atoms with Crippen molar-refractivity contribution in [2.75, 3.05) is 7.05 Å². The van der Waals surface area contributed by atoms with Crippen molar-refractivity contribution in [3.8, 4) is 0 Å². The zero-order valence-electron chi connectivity index (χ0n) is 11.7. The summed E-state index contributed by atoms with van der Waals surface area (Å²) in [6.07, 6.45) is 0.551. The van der Waals surface area contributed by atoms with Crippen LogP contribution in [0, 0.1) is 0 Å². The van der Waals surface area contributed by atoms with Crippen LogP contribution >= 0.6 is 35.3 Å².